The van der Waals surface area contributed by atoms with Crippen molar-refractivity contribution in [1.29, 1.82) is 0 Å². The number of nitrogens with one attached hydrogen (secondary N) is 1. The molecule has 0 saturated carbocycles. The van der Waals surface area contributed by atoms with E-state index in [-0.39, 0.29) is 5.95 Å². The van der Waals surface area contributed by atoms with Crippen LogP contribution in [-0.2, 0) is 16.0 Å². The minimum atomic E-state index is -1.25. The molecule has 0 aromatic carbocycles. The maximum Gasteiger partial charge on any atom is 0.326 e. The van der Waals surface area contributed by atoms with Crippen LogP contribution in [0.4, 0.5) is 5.95 Å². The highest BCUT2D eigenvalue weighted by Gasteiger charge is 2.21. The first-order valence-corrected chi connectivity index (χ1v) is 5.05. The molecular weight excluding hydrogens is 226 g/mol. The molecule has 0 spiro atoms. The molecule has 0 aliphatic carbocycles. The molecule has 1 aromatic heterocycles. The highest BCUT2D eigenvalue weighted by atomic mass is 16.4. The number of carbonyl (C=O) groups is 2. The molecule has 3 N–H and O–H groups in total. The van der Waals surface area contributed by atoms with Crippen LogP contribution in [0.1, 0.15) is 18.9 Å². The van der Waals surface area contributed by atoms with Crippen molar-refractivity contribution < 1.29 is 19.8 Å². The maximum atomic E-state index is 10.8. The van der Waals surface area contributed by atoms with Crippen molar-refractivity contribution in [2.75, 3.05) is 5.32 Å². The molecule has 0 saturated heterocycles. The van der Waals surface area contributed by atoms with E-state index < -0.39 is 24.4 Å². The van der Waals surface area contributed by atoms with Crippen molar-refractivity contribution >= 4 is 17.9 Å². The molecule has 0 bridgehead atoms. The molecule has 17 heavy (non-hydrogen) atoms. The molecule has 7 nitrogen and oxygen atoms in total. The van der Waals surface area contributed by atoms with Gasteiger partial charge in [-0.15, -0.1) is 0 Å². The Bertz CT molecular complexity index is 405. The number of rotatable bonds is 6. The van der Waals surface area contributed by atoms with E-state index in [1.54, 1.807) is 12.4 Å². The fourth-order valence-electron chi connectivity index (χ4n) is 1.14. The summed E-state index contributed by atoms with van der Waals surface area (Å²) in [6.45, 7) is 1.94. The molecule has 0 aliphatic heterocycles. The molecule has 1 aromatic rings. The summed E-state index contributed by atoms with van der Waals surface area (Å²) >= 11 is 0. The fourth-order valence-corrected chi connectivity index (χ4v) is 1.14. The SMILES string of the molecule is CCc1cnc(N[C@H](CC(=O)O)C(=O)O)nc1. The van der Waals surface area contributed by atoms with Gasteiger partial charge in [0.05, 0.1) is 6.42 Å². The zero-order chi connectivity index (χ0) is 12.8. The normalized spacial score (nSPS) is 11.8. The summed E-state index contributed by atoms with van der Waals surface area (Å²) in [7, 11) is 0. The molecule has 1 atom stereocenters. The van der Waals surface area contributed by atoms with Crippen LogP contribution in [0.2, 0.25) is 0 Å². The lowest BCUT2D eigenvalue weighted by molar-refractivity contribution is -0.144. The molecule has 0 radical (unpaired) electrons. The minimum Gasteiger partial charge on any atom is -0.481 e. The first-order chi connectivity index (χ1) is 8.02. The highest BCUT2D eigenvalue weighted by Crippen LogP contribution is 2.05. The van der Waals surface area contributed by atoms with E-state index in [0.29, 0.717) is 0 Å². The Balaban J connectivity index is 2.71. The molecule has 0 aliphatic rings. The number of nitrogens with zero attached hydrogens (tertiary/aromatic N) is 2. The van der Waals surface area contributed by atoms with Gasteiger partial charge in [-0.3, -0.25) is 4.79 Å². The van der Waals surface area contributed by atoms with Crippen LogP contribution >= 0.6 is 0 Å². The zero-order valence-corrected chi connectivity index (χ0v) is 9.25. The van der Waals surface area contributed by atoms with Crippen LogP contribution in [0.25, 0.3) is 0 Å². The van der Waals surface area contributed by atoms with Gasteiger partial charge in [0.1, 0.15) is 6.04 Å². The monoisotopic (exact) mass is 239 g/mol. The quantitative estimate of drug-likeness (QED) is 0.657. The molecule has 0 amide bonds. The van der Waals surface area contributed by atoms with Crippen molar-refractivity contribution in [2.45, 2.75) is 25.8 Å². The second-order valence-electron chi connectivity index (χ2n) is 3.40. The average molecular weight is 239 g/mol. The number of aliphatic carboxylic acids is 2. The second-order valence-corrected chi connectivity index (χ2v) is 3.40. The number of hydrogen-bond donors (Lipinski definition) is 3. The average Bonchev–Trinajstić information content (AvgIpc) is 2.28. The maximum absolute atomic E-state index is 10.8. The lowest BCUT2D eigenvalue weighted by Gasteiger charge is -2.11. The van der Waals surface area contributed by atoms with Crippen LogP contribution in [0.15, 0.2) is 12.4 Å². The second kappa shape index (κ2) is 5.78. The van der Waals surface area contributed by atoms with Crippen LogP contribution in [0.5, 0.6) is 0 Å². The van der Waals surface area contributed by atoms with Gasteiger partial charge in [0.2, 0.25) is 5.95 Å². The Kier molecular flexibility index (Phi) is 4.38. The Morgan fingerprint density at radius 2 is 1.94 bits per heavy atom. The standard InChI is InChI=1S/C10H13N3O4/c1-2-6-4-11-10(12-5-6)13-7(9(16)17)3-8(14)15/h4-5,7H,2-3H2,1H3,(H,14,15)(H,16,17)(H,11,12,13)/t7-/m1/s1. The molecule has 1 heterocycles. The van der Waals surface area contributed by atoms with E-state index in [1.807, 2.05) is 6.92 Å². The van der Waals surface area contributed by atoms with Crippen molar-refractivity contribution in [1.82, 2.24) is 9.97 Å². The fraction of sp³-hybridized carbons (Fsp3) is 0.400. The van der Waals surface area contributed by atoms with Gasteiger partial charge in [-0.1, -0.05) is 6.92 Å². The predicted molar refractivity (Wildman–Crippen MR) is 58.7 cm³/mol. The van der Waals surface area contributed by atoms with Crippen LogP contribution < -0.4 is 5.32 Å². The van der Waals surface area contributed by atoms with Gasteiger partial charge < -0.3 is 15.5 Å². The molecule has 7 heteroatoms. The van der Waals surface area contributed by atoms with Crippen LogP contribution in [0, 0.1) is 0 Å². The van der Waals surface area contributed by atoms with Gasteiger partial charge in [0.25, 0.3) is 0 Å². The summed E-state index contributed by atoms with van der Waals surface area (Å²) < 4.78 is 0. The van der Waals surface area contributed by atoms with E-state index in [4.69, 9.17) is 10.2 Å². The third-order valence-electron chi connectivity index (χ3n) is 2.09. The number of anilines is 1. The summed E-state index contributed by atoms with van der Waals surface area (Å²) in [6, 6.07) is -1.24. The predicted octanol–water partition coefficient (Wildman–Crippen LogP) is 0.379. The van der Waals surface area contributed by atoms with Gasteiger partial charge in [-0.05, 0) is 12.0 Å². The highest BCUT2D eigenvalue weighted by molar-refractivity contribution is 5.82. The zero-order valence-electron chi connectivity index (χ0n) is 9.25. The number of carboxylic acid groups (broad SMARTS) is 2. The number of aryl methyl sites for hydroxylation is 1. The van der Waals surface area contributed by atoms with E-state index in [1.165, 1.54) is 0 Å². The molecule has 1 rings (SSSR count). The molecule has 0 fully saturated rings. The Hall–Kier alpha value is -2.18. The Morgan fingerprint density at radius 3 is 2.35 bits per heavy atom. The molecule has 0 unspecified atom stereocenters. The number of aromatic nitrogens is 2. The first kappa shape index (κ1) is 12.9. The topological polar surface area (TPSA) is 112 Å². The molecular formula is C10H13N3O4. The summed E-state index contributed by atoms with van der Waals surface area (Å²) in [5.74, 6) is -2.35. The summed E-state index contributed by atoms with van der Waals surface area (Å²) in [5.41, 5.74) is 0.917. The van der Waals surface area contributed by atoms with Gasteiger partial charge in [0.15, 0.2) is 0 Å². The third kappa shape index (κ3) is 4.06. The van der Waals surface area contributed by atoms with Gasteiger partial charge >= 0.3 is 11.9 Å². The minimum absolute atomic E-state index is 0.107. The summed E-state index contributed by atoms with van der Waals surface area (Å²) in [5, 5.41) is 19.8. The van der Waals surface area contributed by atoms with Gasteiger partial charge in [0, 0.05) is 12.4 Å². The van der Waals surface area contributed by atoms with E-state index in [9.17, 15) is 9.59 Å². The van der Waals surface area contributed by atoms with E-state index >= 15 is 0 Å². The van der Waals surface area contributed by atoms with Crippen molar-refractivity contribution in [3.8, 4) is 0 Å². The van der Waals surface area contributed by atoms with E-state index in [2.05, 4.69) is 15.3 Å². The Morgan fingerprint density at radius 1 is 1.35 bits per heavy atom. The van der Waals surface area contributed by atoms with Gasteiger partial charge in [-0.2, -0.15) is 0 Å². The summed E-state index contributed by atoms with van der Waals surface area (Å²) in [4.78, 5) is 29.0. The smallest absolute Gasteiger partial charge is 0.326 e. The Labute approximate surface area is 97.5 Å². The molecule has 92 valence electrons. The lowest BCUT2D eigenvalue weighted by Crippen LogP contribution is -2.32. The number of carboxylic acids is 2. The number of hydrogen-bond acceptors (Lipinski definition) is 5. The third-order valence-corrected chi connectivity index (χ3v) is 2.09. The van der Waals surface area contributed by atoms with Crippen LogP contribution in [0.3, 0.4) is 0 Å². The summed E-state index contributed by atoms with van der Waals surface area (Å²) in [6.07, 6.45) is 3.37. The first-order valence-electron chi connectivity index (χ1n) is 5.05. The lowest BCUT2D eigenvalue weighted by atomic mass is 10.2. The van der Waals surface area contributed by atoms with Crippen molar-refractivity contribution in [3.05, 3.63) is 18.0 Å². The van der Waals surface area contributed by atoms with Crippen molar-refractivity contribution in [3.63, 3.8) is 0 Å². The van der Waals surface area contributed by atoms with Crippen LogP contribution in [-0.4, -0.2) is 38.2 Å². The van der Waals surface area contributed by atoms with E-state index in [0.717, 1.165) is 12.0 Å². The largest absolute Gasteiger partial charge is 0.481 e. The van der Waals surface area contributed by atoms with Crippen molar-refractivity contribution in [2.24, 2.45) is 0 Å². The van der Waals surface area contributed by atoms with Gasteiger partial charge in [-0.25, -0.2) is 14.8 Å².